The van der Waals surface area contributed by atoms with Crippen molar-refractivity contribution in [3.8, 4) is 11.5 Å². The lowest BCUT2D eigenvalue weighted by molar-refractivity contribution is -0.127. The number of nitrogens with one attached hydrogen (secondary N) is 1. The van der Waals surface area contributed by atoms with E-state index in [1.807, 2.05) is 0 Å². The van der Waals surface area contributed by atoms with Crippen molar-refractivity contribution in [3.05, 3.63) is 59.7 Å². The number of nitrogens with zero attached hydrogens (tertiary/aromatic N) is 1. The number of carbonyl (C=O) groups excluding carboxylic acids is 1. The summed E-state index contributed by atoms with van der Waals surface area (Å²) in [7, 11) is 1.28. The highest BCUT2D eigenvalue weighted by Crippen LogP contribution is 2.31. The molecule has 0 bridgehead atoms. The molecule has 0 saturated heterocycles. The van der Waals surface area contributed by atoms with E-state index in [1.54, 1.807) is 0 Å². The van der Waals surface area contributed by atoms with Crippen LogP contribution in [0.25, 0.3) is 0 Å². The van der Waals surface area contributed by atoms with Gasteiger partial charge in [0.25, 0.3) is 0 Å². The summed E-state index contributed by atoms with van der Waals surface area (Å²) in [6.45, 7) is -6.05. The van der Waals surface area contributed by atoms with Gasteiger partial charge in [-0.2, -0.15) is 17.6 Å². The molecule has 2 aromatic rings. The average Bonchev–Trinajstić information content (AvgIpc) is 2.62. The SMILES string of the molecule is CN(C(=N)N)C(=O)C(c1ccc(OC(F)F)cc1)c1cccc(OC(F)F)c1. The molecular formula is C18H17F4N3O3. The Balaban J connectivity index is 2.46. The largest absolute Gasteiger partial charge is 0.435 e. The van der Waals surface area contributed by atoms with Gasteiger partial charge in [0.1, 0.15) is 11.5 Å². The highest BCUT2D eigenvalue weighted by Gasteiger charge is 2.28. The number of carbonyl (C=O) groups is 1. The molecule has 0 aromatic heterocycles. The molecule has 1 unspecified atom stereocenters. The molecule has 2 aromatic carbocycles. The number of alkyl halides is 4. The molecule has 3 N–H and O–H groups in total. The summed E-state index contributed by atoms with van der Waals surface area (Å²) in [6, 6.07) is 10.7. The number of guanidine groups is 1. The van der Waals surface area contributed by atoms with Crippen LogP contribution in [0.2, 0.25) is 0 Å². The molecule has 28 heavy (non-hydrogen) atoms. The van der Waals surface area contributed by atoms with E-state index in [1.165, 1.54) is 55.6 Å². The monoisotopic (exact) mass is 399 g/mol. The molecule has 0 fully saturated rings. The zero-order chi connectivity index (χ0) is 20.8. The molecule has 10 heteroatoms. The van der Waals surface area contributed by atoms with E-state index in [4.69, 9.17) is 11.1 Å². The lowest BCUT2D eigenvalue weighted by atomic mass is 9.90. The second kappa shape index (κ2) is 9.07. The minimum atomic E-state index is -3.05. The van der Waals surface area contributed by atoms with Crippen LogP contribution in [-0.4, -0.2) is 37.0 Å². The van der Waals surface area contributed by atoms with Crippen LogP contribution >= 0.6 is 0 Å². The maximum atomic E-state index is 12.8. The predicted molar refractivity (Wildman–Crippen MR) is 92.7 cm³/mol. The third-order valence-corrected chi connectivity index (χ3v) is 3.79. The minimum Gasteiger partial charge on any atom is -0.435 e. The summed E-state index contributed by atoms with van der Waals surface area (Å²) in [5.74, 6) is -2.46. The summed E-state index contributed by atoms with van der Waals surface area (Å²) < 4.78 is 58.3. The summed E-state index contributed by atoms with van der Waals surface area (Å²) in [5.41, 5.74) is 6.01. The van der Waals surface area contributed by atoms with Gasteiger partial charge >= 0.3 is 13.2 Å². The van der Waals surface area contributed by atoms with Gasteiger partial charge in [0, 0.05) is 7.05 Å². The van der Waals surface area contributed by atoms with Crippen LogP contribution in [0.5, 0.6) is 11.5 Å². The summed E-state index contributed by atoms with van der Waals surface area (Å²) in [6.07, 6.45) is 0. The van der Waals surface area contributed by atoms with Gasteiger partial charge in [-0.3, -0.25) is 15.1 Å². The first-order chi connectivity index (χ1) is 13.2. The third-order valence-electron chi connectivity index (χ3n) is 3.79. The van der Waals surface area contributed by atoms with E-state index < -0.39 is 31.0 Å². The molecule has 150 valence electrons. The lowest BCUT2D eigenvalue weighted by Crippen LogP contribution is -2.41. The van der Waals surface area contributed by atoms with Crippen LogP contribution in [0.4, 0.5) is 17.6 Å². The van der Waals surface area contributed by atoms with Crippen molar-refractivity contribution >= 4 is 11.9 Å². The Morgan fingerprint density at radius 3 is 2.07 bits per heavy atom. The van der Waals surface area contributed by atoms with Crippen molar-refractivity contribution in [1.82, 2.24) is 4.90 Å². The predicted octanol–water partition coefficient (Wildman–Crippen LogP) is 3.37. The molecule has 0 aliphatic rings. The maximum absolute atomic E-state index is 12.8. The zero-order valence-electron chi connectivity index (χ0n) is 14.6. The number of benzene rings is 2. The van der Waals surface area contributed by atoms with Crippen molar-refractivity contribution in [1.29, 1.82) is 5.41 Å². The molecule has 0 saturated carbocycles. The molecule has 1 atom stereocenters. The number of likely N-dealkylation sites (N-methyl/N-ethyl adjacent to an activating group) is 1. The number of nitrogens with two attached hydrogens (primary N) is 1. The fourth-order valence-electron chi connectivity index (χ4n) is 2.50. The third kappa shape index (κ3) is 5.35. The van der Waals surface area contributed by atoms with Crippen LogP contribution in [0.3, 0.4) is 0 Å². The van der Waals surface area contributed by atoms with Gasteiger partial charge in [0.15, 0.2) is 5.96 Å². The standard InChI is InChI=1S/C18H17F4N3O3/c1-25(18(23)24)15(26)14(10-5-7-12(8-6-10)27-16(19)20)11-3-2-4-13(9-11)28-17(21)22/h2-9,14,16-17H,1H3,(H3,23,24). The first kappa shape index (κ1) is 21.0. The fraction of sp³-hybridized carbons (Fsp3) is 0.222. The van der Waals surface area contributed by atoms with Crippen LogP contribution < -0.4 is 15.2 Å². The molecule has 0 aliphatic heterocycles. The highest BCUT2D eigenvalue weighted by atomic mass is 19.3. The topological polar surface area (TPSA) is 88.6 Å². The molecule has 0 spiro atoms. The van der Waals surface area contributed by atoms with Gasteiger partial charge in [0.05, 0.1) is 5.92 Å². The van der Waals surface area contributed by atoms with Crippen molar-refractivity contribution in [2.24, 2.45) is 5.73 Å². The molecule has 0 aliphatic carbocycles. The summed E-state index contributed by atoms with van der Waals surface area (Å²) in [4.78, 5) is 13.7. The maximum Gasteiger partial charge on any atom is 0.387 e. The van der Waals surface area contributed by atoms with Crippen LogP contribution in [-0.2, 0) is 4.79 Å². The van der Waals surface area contributed by atoms with E-state index in [0.717, 1.165) is 4.90 Å². The Morgan fingerprint density at radius 2 is 1.54 bits per heavy atom. The van der Waals surface area contributed by atoms with E-state index in [-0.39, 0.29) is 11.5 Å². The number of amides is 1. The Bertz CT molecular complexity index is 831. The zero-order valence-corrected chi connectivity index (χ0v) is 14.6. The van der Waals surface area contributed by atoms with Crippen LogP contribution in [0.15, 0.2) is 48.5 Å². The summed E-state index contributed by atoms with van der Waals surface area (Å²) in [5, 5.41) is 7.45. The normalized spacial score (nSPS) is 12.0. The molecular weight excluding hydrogens is 382 g/mol. The molecule has 2 rings (SSSR count). The second-order valence-corrected chi connectivity index (χ2v) is 5.61. The Kier molecular flexibility index (Phi) is 6.80. The van der Waals surface area contributed by atoms with E-state index in [9.17, 15) is 22.4 Å². The number of halogens is 4. The van der Waals surface area contributed by atoms with Gasteiger partial charge in [-0.05, 0) is 35.4 Å². The summed E-state index contributed by atoms with van der Waals surface area (Å²) >= 11 is 0. The lowest BCUT2D eigenvalue weighted by Gasteiger charge is -2.24. The molecule has 0 radical (unpaired) electrons. The van der Waals surface area contributed by atoms with E-state index >= 15 is 0 Å². The van der Waals surface area contributed by atoms with Crippen molar-refractivity contribution in [2.45, 2.75) is 19.1 Å². The fourth-order valence-corrected chi connectivity index (χ4v) is 2.50. The Morgan fingerprint density at radius 1 is 0.964 bits per heavy atom. The number of hydrogen-bond acceptors (Lipinski definition) is 4. The quantitative estimate of drug-likeness (QED) is 0.425. The number of ether oxygens (including phenoxy) is 2. The average molecular weight is 399 g/mol. The van der Waals surface area contributed by atoms with Gasteiger partial charge < -0.3 is 15.2 Å². The van der Waals surface area contributed by atoms with Crippen molar-refractivity contribution in [2.75, 3.05) is 7.05 Å². The van der Waals surface area contributed by atoms with Crippen LogP contribution in [0.1, 0.15) is 17.0 Å². The first-order valence-corrected chi connectivity index (χ1v) is 7.90. The van der Waals surface area contributed by atoms with E-state index in [2.05, 4.69) is 9.47 Å². The molecule has 0 heterocycles. The first-order valence-electron chi connectivity index (χ1n) is 7.90. The van der Waals surface area contributed by atoms with Gasteiger partial charge in [-0.1, -0.05) is 24.3 Å². The van der Waals surface area contributed by atoms with E-state index in [0.29, 0.717) is 11.1 Å². The molecule has 6 nitrogen and oxygen atoms in total. The smallest absolute Gasteiger partial charge is 0.387 e. The van der Waals surface area contributed by atoms with Crippen LogP contribution in [0, 0.1) is 5.41 Å². The van der Waals surface area contributed by atoms with Gasteiger partial charge in [-0.25, -0.2) is 0 Å². The minimum absolute atomic E-state index is 0.111. The molecule has 1 amide bonds. The Hall–Kier alpha value is -3.30. The number of hydrogen-bond donors (Lipinski definition) is 2. The van der Waals surface area contributed by atoms with Crippen molar-refractivity contribution in [3.63, 3.8) is 0 Å². The second-order valence-electron chi connectivity index (χ2n) is 5.61. The van der Waals surface area contributed by atoms with Gasteiger partial charge in [0.2, 0.25) is 5.91 Å². The Labute approximate surface area is 158 Å². The van der Waals surface area contributed by atoms with Gasteiger partial charge in [-0.15, -0.1) is 0 Å². The van der Waals surface area contributed by atoms with Crippen molar-refractivity contribution < 1.29 is 31.8 Å². The number of rotatable bonds is 7. The highest BCUT2D eigenvalue weighted by molar-refractivity contribution is 5.99.